The second-order valence-electron chi connectivity index (χ2n) is 10.0. The van der Waals surface area contributed by atoms with Gasteiger partial charge in [-0.05, 0) is 76.1 Å². The fourth-order valence-corrected chi connectivity index (χ4v) is 6.88. The van der Waals surface area contributed by atoms with Crippen LogP contribution in [-0.4, -0.2) is 66.7 Å². The van der Waals surface area contributed by atoms with Crippen molar-refractivity contribution >= 4 is 17.7 Å². The second-order valence-corrected chi connectivity index (χ2v) is 10.0. The summed E-state index contributed by atoms with van der Waals surface area (Å²) in [4.78, 5) is 30.9. The first-order valence-electron chi connectivity index (χ1n) is 12.2. The lowest BCUT2D eigenvalue weighted by Crippen LogP contribution is -2.49. The molecule has 3 atom stereocenters. The fraction of sp³-hybridized carbons (Fsp3) is 0.680. The molecule has 174 valence electrons. The molecule has 0 aromatic heterocycles. The van der Waals surface area contributed by atoms with Gasteiger partial charge in [-0.2, -0.15) is 0 Å². The van der Waals surface area contributed by atoms with Crippen LogP contribution in [0.5, 0.6) is 0 Å². The molecule has 1 aliphatic carbocycles. The molecule has 5 rings (SSSR count). The number of carbonyl (C=O) groups is 2. The molecule has 1 saturated carbocycles. The Morgan fingerprint density at radius 3 is 2.69 bits per heavy atom. The van der Waals surface area contributed by atoms with E-state index < -0.39 is 0 Å². The second kappa shape index (κ2) is 8.32. The summed E-state index contributed by atoms with van der Waals surface area (Å²) in [6.07, 6.45) is 6.10. The Bertz CT molecular complexity index is 898. The van der Waals surface area contributed by atoms with Crippen molar-refractivity contribution in [3.8, 4) is 0 Å². The number of amides is 2. The number of hydrogen-bond donors (Lipinski definition) is 0. The highest BCUT2D eigenvalue weighted by Crippen LogP contribution is 2.49. The highest BCUT2D eigenvalue weighted by Gasteiger charge is 2.49. The molecule has 3 unspecified atom stereocenters. The number of para-hydroxylation sites is 1. The molecule has 0 bridgehead atoms. The maximum Gasteiger partial charge on any atom is 0.410 e. The van der Waals surface area contributed by atoms with E-state index >= 15 is 0 Å². The number of nitrogens with zero attached hydrogens (tertiary/aromatic N) is 3. The van der Waals surface area contributed by atoms with Gasteiger partial charge in [0.25, 0.3) is 0 Å². The molecule has 1 aromatic carbocycles. The average Bonchev–Trinajstić information content (AvgIpc) is 3.35. The van der Waals surface area contributed by atoms with Crippen molar-refractivity contribution in [3.05, 3.63) is 29.6 Å². The van der Waals surface area contributed by atoms with Gasteiger partial charge in [0.05, 0.1) is 12.3 Å². The monoisotopic (exact) mass is 443 g/mol. The Kier molecular flexibility index (Phi) is 5.64. The van der Waals surface area contributed by atoms with E-state index in [0.717, 1.165) is 57.3 Å². The van der Waals surface area contributed by atoms with Crippen molar-refractivity contribution in [3.63, 3.8) is 0 Å². The molecule has 1 aromatic rings. The number of benzene rings is 1. The summed E-state index contributed by atoms with van der Waals surface area (Å²) < 4.78 is 20.0. The summed E-state index contributed by atoms with van der Waals surface area (Å²) in [5.74, 6) is 0.175. The van der Waals surface area contributed by atoms with Gasteiger partial charge >= 0.3 is 6.09 Å². The lowest BCUT2D eigenvalue weighted by Gasteiger charge is -2.42. The molecule has 4 aliphatic rings. The first-order valence-corrected chi connectivity index (χ1v) is 12.2. The van der Waals surface area contributed by atoms with Gasteiger partial charge in [-0.1, -0.05) is 12.1 Å². The molecule has 1 spiro atoms. The predicted octanol–water partition coefficient (Wildman–Crippen LogP) is 3.93. The third kappa shape index (κ3) is 3.49. The number of carbonyl (C=O) groups excluding carboxylic acids is 2. The molecule has 0 radical (unpaired) electrons. The Balaban J connectivity index is 1.29. The van der Waals surface area contributed by atoms with Crippen LogP contribution in [0.3, 0.4) is 0 Å². The normalized spacial score (nSPS) is 29.2. The Morgan fingerprint density at radius 2 is 1.97 bits per heavy atom. The summed E-state index contributed by atoms with van der Waals surface area (Å²) >= 11 is 0. The minimum Gasteiger partial charge on any atom is -0.450 e. The summed E-state index contributed by atoms with van der Waals surface area (Å²) in [7, 11) is 0. The highest BCUT2D eigenvalue weighted by atomic mass is 19.1. The van der Waals surface area contributed by atoms with Crippen LogP contribution in [0, 0.1) is 11.7 Å². The van der Waals surface area contributed by atoms with Crippen molar-refractivity contribution in [1.82, 2.24) is 9.80 Å². The number of ether oxygens (including phenoxy) is 1. The van der Waals surface area contributed by atoms with Gasteiger partial charge < -0.3 is 19.4 Å². The number of anilines is 1. The Labute approximate surface area is 189 Å². The maximum atomic E-state index is 14.6. The van der Waals surface area contributed by atoms with Crippen LogP contribution >= 0.6 is 0 Å². The van der Waals surface area contributed by atoms with Crippen molar-refractivity contribution in [2.45, 2.75) is 69.9 Å². The molecule has 7 heteroatoms. The lowest BCUT2D eigenvalue weighted by molar-refractivity contribution is -0.116. The summed E-state index contributed by atoms with van der Waals surface area (Å²) in [6, 6.07) is 6.02. The largest absolute Gasteiger partial charge is 0.450 e. The number of hydrogen-bond acceptors (Lipinski definition) is 4. The molecule has 2 saturated heterocycles. The minimum atomic E-state index is -0.295. The van der Waals surface area contributed by atoms with Crippen LogP contribution in [0.2, 0.25) is 0 Å². The van der Waals surface area contributed by atoms with E-state index in [2.05, 4.69) is 4.90 Å². The zero-order chi connectivity index (χ0) is 22.5. The van der Waals surface area contributed by atoms with Gasteiger partial charge in [-0.3, -0.25) is 4.79 Å². The topological polar surface area (TPSA) is 53.1 Å². The zero-order valence-corrected chi connectivity index (χ0v) is 19.2. The predicted molar refractivity (Wildman–Crippen MR) is 120 cm³/mol. The Morgan fingerprint density at radius 1 is 1.19 bits per heavy atom. The molecule has 3 fully saturated rings. The van der Waals surface area contributed by atoms with Crippen LogP contribution in [0.4, 0.5) is 14.9 Å². The van der Waals surface area contributed by atoms with Gasteiger partial charge in [-0.15, -0.1) is 0 Å². The first kappa shape index (κ1) is 21.7. The van der Waals surface area contributed by atoms with E-state index in [4.69, 9.17) is 4.74 Å². The lowest BCUT2D eigenvalue weighted by atomic mass is 9.74. The fourth-order valence-electron chi connectivity index (χ4n) is 6.88. The van der Waals surface area contributed by atoms with Gasteiger partial charge in [0, 0.05) is 37.5 Å². The molecule has 2 amide bonds. The average molecular weight is 444 g/mol. The van der Waals surface area contributed by atoms with Crippen molar-refractivity contribution in [1.29, 1.82) is 0 Å². The van der Waals surface area contributed by atoms with E-state index in [1.165, 1.54) is 19.4 Å². The quantitative estimate of drug-likeness (QED) is 0.695. The third-order valence-corrected chi connectivity index (χ3v) is 8.45. The van der Waals surface area contributed by atoms with Gasteiger partial charge in [0.15, 0.2) is 0 Å². The molecule has 32 heavy (non-hydrogen) atoms. The molecule has 6 nitrogen and oxygen atoms in total. The van der Waals surface area contributed by atoms with Crippen molar-refractivity contribution in [2.24, 2.45) is 5.92 Å². The number of piperidine rings is 2. The standard InChI is InChI=1S/C25H34FN3O3/c1-3-32-24(31)28-11-5-6-18-14-19(15-22(18)28)27-12-9-25(10-13-27)16-29(17(2)30)23-20(25)7-4-8-21(23)26/h4,7-8,18-19,22H,3,5-6,9-16H2,1-2H3. The molecule has 0 N–H and O–H groups in total. The smallest absolute Gasteiger partial charge is 0.410 e. The van der Waals surface area contributed by atoms with E-state index in [0.29, 0.717) is 30.8 Å². The third-order valence-electron chi connectivity index (χ3n) is 8.45. The number of halogens is 1. The Hall–Kier alpha value is -2.15. The van der Waals surface area contributed by atoms with E-state index in [-0.39, 0.29) is 29.3 Å². The van der Waals surface area contributed by atoms with Crippen molar-refractivity contribution in [2.75, 3.05) is 37.7 Å². The van der Waals surface area contributed by atoms with Gasteiger partial charge in [-0.25, -0.2) is 9.18 Å². The minimum absolute atomic E-state index is 0.0884. The summed E-state index contributed by atoms with van der Waals surface area (Å²) in [5, 5.41) is 0. The molecule has 3 heterocycles. The van der Waals surface area contributed by atoms with Crippen LogP contribution in [0.25, 0.3) is 0 Å². The van der Waals surface area contributed by atoms with Crippen LogP contribution in [-0.2, 0) is 14.9 Å². The number of fused-ring (bicyclic) bond motifs is 3. The molecule has 3 aliphatic heterocycles. The SMILES string of the molecule is CCOC(=O)N1CCCC2CC(N3CCC4(CC3)CN(C(C)=O)c3c(F)cccc34)CC21. The van der Waals surface area contributed by atoms with E-state index in [9.17, 15) is 14.0 Å². The summed E-state index contributed by atoms with van der Waals surface area (Å²) in [5.41, 5.74) is 1.34. The summed E-state index contributed by atoms with van der Waals surface area (Å²) in [6.45, 7) is 7.10. The van der Waals surface area contributed by atoms with E-state index in [1.54, 1.807) is 11.0 Å². The van der Waals surface area contributed by atoms with Crippen LogP contribution in [0.1, 0.15) is 57.9 Å². The van der Waals surface area contributed by atoms with Gasteiger partial charge in [0.2, 0.25) is 5.91 Å². The van der Waals surface area contributed by atoms with Crippen molar-refractivity contribution < 1.29 is 18.7 Å². The number of rotatable bonds is 2. The highest BCUT2D eigenvalue weighted by molar-refractivity contribution is 5.95. The number of likely N-dealkylation sites (tertiary alicyclic amines) is 2. The molecular weight excluding hydrogens is 409 g/mol. The molecular formula is C25H34FN3O3. The zero-order valence-electron chi connectivity index (χ0n) is 19.2. The first-order chi connectivity index (χ1) is 15.4. The van der Waals surface area contributed by atoms with E-state index in [1.807, 2.05) is 17.9 Å². The van der Waals surface area contributed by atoms with Gasteiger partial charge in [0.1, 0.15) is 5.82 Å². The maximum absolute atomic E-state index is 14.6. The van der Waals surface area contributed by atoms with Crippen LogP contribution < -0.4 is 4.90 Å². The van der Waals surface area contributed by atoms with Crippen LogP contribution in [0.15, 0.2) is 18.2 Å².